The first-order valence-corrected chi connectivity index (χ1v) is 7.50. The summed E-state index contributed by atoms with van der Waals surface area (Å²) in [6.45, 7) is 0.494. The molecule has 6 nitrogen and oxygen atoms in total. The summed E-state index contributed by atoms with van der Waals surface area (Å²) in [4.78, 5) is 3.66. The van der Waals surface area contributed by atoms with Gasteiger partial charge in [-0.2, -0.15) is 0 Å². The zero-order valence-electron chi connectivity index (χ0n) is 8.72. The van der Waals surface area contributed by atoms with E-state index in [1.54, 1.807) is 0 Å². The van der Waals surface area contributed by atoms with Crippen LogP contribution in [0, 0.1) is 0 Å². The molecule has 1 saturated heterocycles. The minimum absolute atomic E-state index is 0.0324. The number of ether oxygens (including phenoxy) is 1. The van der Waals surface area contributed by atoms with Crippen molar-refractivity contribution < 1.29 is 18.3 Å². The van der Waals surface area contributed by atoms with Crippen molar-refractivity contribution in [1.82, 2.24) is 9.71 Å². The third-order valence-electron chi connectivity index (χ3n) is 2.39. The average molecular weight is 299 g/mol. The number of hydrogen-bond donors (Lipinski definition) is 2. The second kappa shape index (κ2) is 4.79. The lowest BCUT2D eigenvalue weighted by Gasteiger charge is -2.20. The smallest absolute Gasteiger partial charge is 0.251 e. The van der Waals surface area contributed by atoms with E-state index in [9.17, 15) is 13.5 Å². The van der Waals surface area contributed by atoms with Crippen LogP contribution in [0.4, 0.5) is 0 Å². The molecule has 0 spiro atoms. The van der Waals surface area contributed by atoms with Gasteiger partial charge in [0.15, 0.2) is 8.68 Å². The molecule has 96 valence electrons. The number of thiazole rings is 1. The van der Waals surface area contributed by atoms with Gasteiger partial charge in [0.25, 0.3) is 10.0 Å². The molecule has 0 aromatic carbocycles. The summed E-state index contributed by atoms with van der Waals surface area (Å²) in [7, 11) is -3.66. The normalized spacial score (nSPS) is 25.3. The van der Waals surface area contributed by atoms with Crippen molar-refractivity contribution in [3.05, 3.63) is 10.7 Å². The topological polar surface area (TPSA) is 88.5 Å². The van der Waals surface area contributed by atoms with Gasteiger partial charge >= 0.3 is 0 Å². The average Bonchev–Trinajstić information content (AvgIpc) is 2.86. The fourth-order valence-electron chi connectivity index (χ4n) is 1.40. The molecule has 2 rings (SSSR count). The molecule has 1 fully saturated rings. The summed E-state index contributed by atoms with van der Waals surface area (Å²) < 4.78 is 31.1. The summed E-state index contributed by atoms with van der Waals surface area (Å²) in [6, 6.07) is 0. The van der Waals surface area contributed by atoms with Crippen molar-refractivity contribution in [1.29, 1.82) is 0 Å². The van der Waals surface area contributed by atoms with Crippen molar-refractivity contribution in [3.8, 4) is 0 Å². The Kier molecular flexibility index (Phi) is 3.71. The summed E-state index contributed by atoms with van der Waals surface area (Å²) in [6.07, 6.45) is 1.60. The van der Waals surface area contributed by atoms with Gasteiger partial charge in [0, 0.05) is 19.6 Å². The Morgan fingerprint density at radius 3 is 3.00 bits per heavy atom. The van der Waals surface area contributed by atoms with Crippen molar-refractivity contribution in [2.24, 2.45) is 0 Å². The molecule has 1 aliphatic rings. The fraction of sp³-hybridized carbons (Fsp3) is 0.625. The molecule has 0 aliphatic carbocycles. The standard InChI is InChI=1S/C8H11ClN2O4S2/c9-7-10-3-6(16-7)17(13,14)11-4-8(12)1-2-15-5-8/h3,11-12H,1-2,4-5H2. The molecule has 1 atom stereocenters. The highest BCUT2D eigenvalue weighted by molar-refractivity contribution is 7.91. The Balaban J connectivity index is 2.03. The number of aliphatic hydroxyl groups is 1. The molecular formula is C8H11ClN2O4S2. The van der Waals surface area contributed by atoms with E-state index in [0.29, 0.717) is 13.0 Å². The highest BCUT2D eigenvalue weighted by Crippen LogP contribution is 2.23. The summed E-state index contributed by atoms with van der Waals surface area (Å²) in [5.41, 5.74) is -1.12. The molecule has 0 saturated carbocycles. The van der Waals surface area contributed by atoms with Gasteiger partial charge in [0.2, 0.25) is 0 Å². The van der Waals surface area contributed by atoms with Gasteiger partial charge < -0.3 is 9.84 Å². The van der Waals surface area contributed by atoms with Crippen molar-refractivity contribution in [3.63, 3.8) is 0 Å². The predicted molar refractivity (Wildman–Crippen MR) is 62.7 cm³/mol. The van der Waals surface area contributed by atoms with Crippen LogP contribution in [-0.4, -0.2) is 43.9 Å². The first-order valence-electron chi connectivity index (χ1n) is 4.82. The number of rotatable bonds is 4. The maximum atomic E-state index is 11.8. The number of nitrogens with zero attached hydrogens (tertiary/aromatic N) is 1. The zero-order valence-corrected chi connectivity index (χ0v) is 11.1. The van der Waals surface area contributed by atoms with Crippen molar-refractivity contribution in [2.75, 3.05) is 19.8 Å². The van der Waals surface area contributed by atoms with E-state index in [-0.39, 0.29) is 21.8 Å². The number of aromatic nitrogens is 1. The predicted octanol–water partition coefficient (Wildman–Crippen LogP) is 0.226. The molecule has 17 heavy (non-hydrogen) atoms. The van der Waals surface area contributed by atoms with Crippen molar-refractivity contribution >= 4 is 33.0 Å². The van der Waals surface area contributed by atoms with Gasteiger partial charge in [-0.1, -0.05) is 22.9 Å². The summed E-state index contributed by atoms with van der Waals surface area (Å²) in [5, 5.41) is 9.92. The zero-order chi connectivity index (χ0) is 12.5. The Morgan fingerprint density at radius 2 is 2.47 bits per heavy atom. The van der Waals surface area contributed by atoms with E-state index in [4.69, 9.17) is 16.3 Å². The third-order valence-corrected chi connectivity index (χ3v) is 5.37. The Hall–Kier alpha value is -0.250. The Morgan fingerprint density at radius 1 is 1.71 bits per heavy atom. The lowest BCUT2D eigenvalue weighted by atomic mass is 10.1. The van der Waals surface area contributed by atoms with Crippen LogP contribution >= 0.6 is 22.9 Å². The molecule has 2 heterocycles. The van der Waals surface area contributed by atoms with Crippen LogP contribution in [0.2, 0.25) is 4.47 Å². The van der Waals surface area contributed by atoms with Crippen molar-refractivity contribution in [2.45, 2.75) is 16.2 Å². The molecule has 1 unspecified atom stereocenters. The first kappa shape index (κ1) is 13.2. The Bertz CT molecular complexity index is 495. The monoisotopic (exact) mass is 298 g/mol. The summed E-state index contributed by atoms with van der Waals surface area (Å²) >= 11 is 6.43. The highest BCUT2D eigenvalue weighted by Gasteiger charge is 2.34. The van der Waals surface area contributed by atoms with Gasteiger partial charge in [-0.15, -0.1) is 0 Å². The lowest BCUT2D eigenvalue weighted by molar-refractivity contribution is 0.0315. The van der Waals surface area contributed by atoms with Crippen LogP contribution in [0.15, 0.2) is 10.4 Å². The molecule has 1 aromatic heterocycles. The maximum absolute atomic E-state index is 11.8. The maximum Gasteiger partial charge on any atom is 0.251 e. The van der Waals surface area contributed by atoms with Gasteiger partial charge in [-0.05, 0) is 0 Å². The second-order valence-electron chi connectivity index (χ2n) is 3.78. The molecule has 9 heteroatoms. The second-order valence-corrected chi connectivity index (χ2v) is 7.39. The lowest BCUT2D eigenvalue weighted by Crippen LogP contribution is -2.43. The van der Waals surface area contributed by atoms with Crippen LogP contribution in [-0.2, 0) is 14.8 Å². The van der Waals surface area contributed by atoms with Crippen LogP contribution in [0.1, 0.15) is 6.42 Å². The number of halogens is 1. The highest BCUT2D eigenvalue weighted by atomic mass is 35.5. The van der Waals surface area contributed by atoms with Gasteiger partial charge in [0.05, 0.1) is 12.8 Å². The largest absolute Gasteiger partial charge is 0.386 e. The van der Waals surface area contributed by atoms with Crippen LogP contribution in [0.5, 0.6) is 0 Å². The van der Waals surface area contributed by atoms with Crippen LogP contribution < -0.4 is 4.72 Å². The molecule has 1 aliphatic heterocycles. The summed E-state index contributed by atoms with van der Waals surface area (Å²) in [5.74, 6) is 0. The van der Waals surface area contributed by atoms with Gasteiger partial charge in [0.1, 0.15) is 5.60 Å². The van der Waals surface area contributed by atoms with Crippen LogP contribution in [0.3, 0.4) is 0 Å². The number of nitrogens with one attached hydrogen (secondary N) is 1. The van der Waals surface area contributed by atoms with Gasteiger partial charge in [-0.3, -0.25) is 0 Å². The number of hydrogen-bond acceptors (Lipinski definition) is 6. The van der Waals surface area contributed by atoms with Crippen LogP contribution in [0.25, 0.3) is 0 Å². The number of sulfonamides is 1. The van der Waals surface area contributed by atoms with E-state index in [0.717, 1.165) is 11.3 Å². The van der Waals surface area contributed by atoms with E-state index in [1.807, 2.05) is 0 Å². The molecule has 1 aromatic rings. The minimum Gasteiger partial charge on any atom is -0.386 e. The molecule has 0 radical (unpaired) electrons. The minimum atomic E-state index is -3.66. The van der Waals surface area contributed by atoms with E-state index >= 15 is 0 Å². The molecule has 0 bridgehead atoms. The van der Waals surface area contributed by atoms with Gasteiger partial charge in [-0.25, -0.2) is 18.1 Å². The van der Waals surface area contributed by atoms with E-state index < -0.39 is 15.6 Å². The molecule has 2 N–H and O–H groups in total. The molecular weight excluding hydrogens is 288 g/mol. The first-order chi connectivity index (χ1) is 7.91. The quantitative estimate of drug-likeness (QED) is 0.830. The SMILES string of the molecule is O=S(=O)(NCC1(O)CCOC1)c1cnc(Cl)s1. The third kappa shape index (κ3) is 3.15. The molecule has 0 amide bonds. The fourth-order valence-corrected chi connectivity index (χ4v) is 3.86. The van der Waals surface area contributed by atoms with E-state index in [2.05, 4.69) is 9.71 Å². The Labute approximate surface area is 108 Å². The van der Waals surface area contributed by atoms with E-state index in [1.165, 1.54) is 6.20 Å².